The fourth-order valence-electron chi connectivity index (χ4n) is 1.51. The molecule has 0 unspecified atom stereocenters. The van der Waals surface area contributed by atoms with Gasteiger partial charge in [0.1, 0.15) is 0 Å². The summed E-state index contributed by atoms with van der Waals surface area (Å²) in [5, 5.41) is 5.12. The van der Waals surface area contributed by atoms with Crippen LogP contribution in [0.25, 0.3) is 0 Å². The minimum Gasteiger partial charge on any atom is -0.452 e. The van der Waals surface area contributed by atoms with Crippen molar-refractivity contribution in [3.63, 3.8) is 0 Å². The van der Waals surface area contributed by atoms with Crippen LogP contribution in [0.5, 0.6) is 0 Å². The Labute approximate surface area is 129 Å². The molecule has 3 amide bonds. The Kier molecular flexibility index (Phi) is 6.37. The Morgan fingerprint density at radius 1 is 1.14 bits per heavy atom. The second kappa shape index (κ2) is 8.02. The highest BCUT2D eigenvalue weighted by Crippen LogP contribution is 2.10. The monoisotopic (exact) mass is 307 g/mol. The van der Waals surface area contributed by atoms with Gasteiger partial charge in [-0.1, -0.05) is 13.8 Å². The molecule has 22 heavy (non-hydrogen) atoms. The lowest BCUT2D eigenvalue weighted by atomic mass is 10.1. The number of urea groups is 1. The number of esters is 1. The molecule has 0 fully saturated rings. The maximum atomic E-state index is 11.8. The third-order valence-corrected chi connectivity index (χ3v) is 3.11. The summed E-state index contributed by atoms with van der Waals surface area (Å²) in [6, 6.07) is 5.30. The zero-order valence-corrected chi connectivity index (χ0v) is 12.9. The van der Waals surface area contributed by atoms with E-state index in [1.165, 1.54) is 24.3 Å². The van der Waals surface area contributed by atoms with E-state index >= 15 is 0 Å². The number of carbonyl (C=O) groups is 3. The van der Waals surface area contributed by atoms with Gasteiger partial charge in [-0.25, -0.2) is 9.59 Å². The van der Waals surface area contributed by atoms with E-state index in [2.05, 4.69) is 10.6 Å². The first-order chi connectivity index (χ1) is 10.3. The van der Waals surface area contributed by atoms with E-state index in [0.29, 0.717) is 11.6 Å². The van der Waals surface area contributed by atoms with Crippen LogP contribution in [0.1, 0.15) is 31.1 Å². The van der Waals surface area contributed by atoms with Crippen LogP contribution in [-0.4, -0.2) is 30.6 Å². The summed E-state index contributed by atoms with van der Waals surface area (Å²) in [5.74, 6) is -0.663. The van der Waals surface area contributed by atoms with Crippen molar-refractivity contribution in [2.24, 2.45) is 11.7 Å². The number of nitrogens with two attached hydrogens (primary N) is 1. The van der Waals surface area contributed by atoms with Gasteiger partial charge in [-0.3, -0.25) is 4.79 Å². The van der Waals surface area contributed by atoms with Crippen LogP contribution in [0, 0.1) is 5.92 Å². The Morgan fingerprint density at radius 3 is 2.23 bits per heavy atom. The minimum atomic E-state index is -0.689. The normalized spacial score (nSPS) is 11.6. The lowest BCUT2D eigenvalue weighted by molar-refractivity contribution is -0.125. The summed E-state index contributed by atoms with van der Waals surface area (Å²) in [6.45, 7) is 5.52. The first kappa shape index (κ1) is 17.5. The molecular formula is C15H21N3O4. The maximum Gasteiger partial charge on any atom is 0.338 e. The van der Waals surface area contributed by atoms with Crippen LogP contribution < -0.4 is 16.4 Å². The topological polar surface area (TPSA) is 111 Å². The van der Waals surface area contributed by atoms with Crippen molar-refractivity contribution >= 4 is 23.6 Å². The summed E-state index contributed by atoms with van der Waals surface area (Å²) >= 11 is 0. The van der Waals surface area contributed by atoms with E-state index in [9.17, 15) is 14.4 Å². The maximum absolute atomic E-state index is 11.8. The second-order valence-corrected chi connectivity index (χ2v) is 5.24. The number of ether oxygens (including phenoxy) is 1. The van der Waals surface area contributed by atoms with Crippen molar-refractivity contribution < 1.29 is 19.1 Å². The third kappa shape index (κ3) is 5.82. The van der Waals surface area contributed by atoms with Gasteiger partial charge in [-0.15, -0.1) is 0 Å². The molecule has 7 heteroatoms. The van der Waals surface area contributed by atoms with Gasteiger partial charge in [-0.05, 0) is 37.1 Å². The van der Waals surface area contributed by atoms with Gasteiger partial charge in [0.15, 0.2) is 6.61 Å². The molecule has 0 aromatic heterocycles. The number of benzene rings is 1. The molecule has 0 heterocycles. The van der Waals surface area contributed by atoms with Crippen LogP contribution in [0.3, 0.4) is 0 Å². The fourth-order valence-corrected chi connectivity index (χ4v) is 1.51. The van der Waals surface area contributed by atoms with E-state index in [-0.39, 0.29) is 24.1 Å². The standard InChI is InChI=1S/C15H21N3O4/c1-9(2)10(3)17-13(19)8-22-14(20)11-4-6-12(7-5-11)18-15(16)21/h4-7,9-10H,8H2,1-3H3,(H,17,19)(H3,16,18,21)/t10-/m0/s1. The molecule has 0 aliphatic heterocycles. The molecule has 0 aliphatic rings. The van der Waals surface area contributed by atoms with Crippen LogP contribution in [-0.2, 0) is 9.53 Å². The smallest absolute Gasteiger partial charge is 0.338 e. The molecule has 4 N–H and O–H groups in total. The predicted molar refractivity (Wildman–Crippen MR) is 82.4 cm³/mol. The van der Waals surface area contributed by atoms with Crippen molar-refractivity contribution in [1.29, 1.82) is 0 Å². The van der Waals surface area contributed by atoms with Crippen molar-refractivity contribution in [3.05, 3.63) is 29.8 Å². The predicted octanol–water partition coefficient (Wildman–Crippen LogP) is 1.49. The first-order valence-electron chi connectivity index (χ1n) is 6.92. The first-order valence-corrected chi connectivity index (χ1v) is 6.92. The number of rotatable bonds is 6. The van der Waals surface area contributed by atoms with E-state index in [4.69, 9.17) is 10.5 Å². The Hall–Kier alpha value is -2.57. The quantitative estimate of drug-likeness (QED) is 0.691. The van der Waals surface area contributed by atoms with Gasteiger partial charge in [-0.2, -0.15) is 0 Å². The second-order valence-electron chi connectivity index (χ2n) is 5.24. The van der Waals surface area contributed by atoms with Crippen LogP contribution in [0.4, 0.5) is 10.5 Å². The average Bonchev–Trinajstić information content (AvgIpc) is 2.44. The molecule has 0 bridgehead atoms. The molecule has 7 nitrogen and oxygen atoms in total. The average molecular weight is 307 g/mol. The molecule has 0 radical (unpaired) electrons. The Morgan fingerprint density at radius 2 is 1.73 bits per heavy atom. The summed E-state index contributed by atoms with van der Waals surface area (Å²) in [5.41, 5.74) is 5.72. The fraction of sp³-hybridized carbons (Fsp3) is 0.400. The molecule has 1 atom stereocenters. The van der Waals surface area contributed by atoms with E-state index in [1.54, 1.807) is 0 Å². The molecule has 0 aliphatic carbocycles. The van der Waals surface area contributed by atoms with E-state index < -0.39 is 12.0 Å². The van der Waals surface area contributed by atoms with Crippen LogP contribution >= 0.6 is 0 Å². The van der Waals surface area contributed by atoms with E-state index in [0.717, 1.165) is 0 Å². The number of amides is 3. The highest BCUT2D eigenvalue weighted by molar-refractivity contribution is 5.93. The number of anilines is 1. The number of nitrogens with one attached hydrogen (secondary N) is 2. The van der Waals surface area contributed by atoms with Crippen molar-refractivity contribution in [2.75, 3.05) is 11.9 Å². The summed E-state index contributed by atoms with van der Waals surface area (Å²) in [7, 11) is 0. The zero-order chi connectivity index (χ0) is 16.7. The molecule has 1 aromatic carbocycles. The molecular weight excluding hydrogens is 286 g/mol. The highest BCUT2D eigenvalue weighted by Gasteiger charge is 2.13. The molecule has 1 aromatic rings. The molecule has 0 saturated carbocycles. The van der Waals surface area contributed by atoms with Crippen molar-refractivity contribution in [1.82, 2.24) is 5.32 Å². The van der Waals surface area contributed by atoms with Crippen molar-refractivity contribution in [3.8, 4) is 0 Å². The van der Waals surface area contributed by atoms with Gasteiger partial charge in [0.05, 0.1) is 5.56 Å². The van der Waals surface area contributed by atoms with Crippen LogP contribution in [0.15, 0.2) is 24.3 Å². The zero-order valence-electron chi connectivity index (χ0n) is 12.9. The molecule has 1 rings (SSSR count). The Balaban J connectivity index is 2.48. The SMILES string of the molecule is CC(C)[C@H](C)NC(=O)COC(=O)c1ccc(NC(N)=O)cc1. The van der Waals surface area contributed by atoms with Gasteiger partial charge >= 0.3 is 12.0 Å². The van der Waals surface area contributed by atoms with Crippen molar-refractivity contribution in [2.45, 2.75) is 26.8 Å². The summed E-state index contributed by atoms with van der Waals surface area (Å²) in [6.07, 6.45) is 0. The molecule has 0 spiro atoms. The van der Waals surface area contributed by atoms with Crippen LogP contribution in [0.2, 0.25) is 0 Å². The number of hydrogen-bond acceptors (Lipinski definition) is 4. The molecule has 0 saturated heterocycles. The Bertz CT molecular complexity index is 540. The largest absolute Gasteiger partial charge is 0.452 e. The lowest BCUT2D eigenvalue weighted by Crippen LogP contribution is -2.38. The van der Waals surface area contributed by atoms with Gasteiger partial charge in [0, 0.05) is 11.7 Å². The van der Waals surface area contributed by atoms with Gasteiger partial charge in [0.25, 0.3) is 5.91 Å². The third-order valence-electron chi connectivity index (χ3n) is 3.11. The summed E-state index contributed by atoms with van der Waals surface area (Å²) < 4.78 is 4.93. The van der Waals surface area contributed by atoms with Gasteiger partial charge < -0.3 is 21.1 Å². The number of primary amides is 1. The minimum absolute atomic E-state index is 0.00496. The van der Waals surface area contributed by atoms with Gasteiger partial charge in [0.2, 0.25) is 0 Å². The number of carbonyl (C=O) groups excluding carboxylic acids is 3. The summed E-state index contributed by atoms with van der Waals surface area (Å²) in [4.78, 5) is 34.1. The number of hydrogen-bond donors (Lipinski definition) is 3. The molecule has 120 valence electrons. The lowest BCUT2D eigenvalue weighted by Gasteiger charge is -2.17. The highest BCUT2D eigenvalue weighted by atomic mass is 16.5. The van der Waals surface area contributed by atoms with E-state index in [1.807, 2.05) is 20.8 Å².